The zero-order valence-electron chi connectivity index (χ0n) is 30.2. The summed E-state index contributed by atoms with van der Waals surface area (Å²) >= 11 is 1.88. The Labute approximate surface area is 326 Å². The quantitative estimate of drug-likeness (QED) is 0.177. The fraction of sp³-hybridized carbons (Fsp3) is 0.0392. The van der Waals surface area contributed by atoms with E-state index in [1.54, 1.807) is 0 Å². The van der Waals surface area contributed by atoms with Crippen molar-refractivity contribution in [1.82, 2.24) is 10.6 Å². The smallest absolute Gasteiger partial charge is 0.135 e. The molecule has 2 unspecified atom stereocenters. The molecule has 0 spiro atoms. The number of furan rings is 1. The number of benzene rings is 9. The molecular weight excluding hydrogens is 703 g/mol. The van der Waals surface area contributed by atoms with Gasteiger partial charge in [-0.3, -0.25) is 5.32 Å². The predicted molar refractivity (Wildman–Crippen MR) is 236 cm³/mol. The van der Waals surface area contributed by atoms with Gasteiger partial charge in [0.1, 0.15) is 29.3 Å². The van der Waals surface area contributed by atoms with E-state index in [0.717, 1.165) is 44.5 Å². The molecule has 0 saturated heterocycles. The number of fused-ring (bicyclic) bond motifs is 11. The highest BCUT2D eigenvalue weighted by molar-refractivity contribution is 7.26. The zero-order valence-corrected chi connectivity index (χ0v) is 31.0. The molecule has 0 radical (unpaired) electrons. The maximum absolute atomic E-state index is 6.57. The van der Waals surface area contributed by atoms with Crippen LogP contribution in [0.1, 0.15) is 29.0 Å². The number of aliphatic imine (C=N–C) groups is 1. The fourth-order valence-electron chi connectivity index (χ4n) is 8.89. The summed E-state index contributed by atoms with van der Waals surface area (Å²) in [5.41, 5.74) is 7.37. The van der Waals surface area contributed by atoms with Crippen LogP contribution in [-0.4, -0.2) is 5.84 Å². The first-order valence-corrected chi connectivity index (χ1v) is 19.9. The summed E-state index contributed by atoms with van der Waals surface area (Å²) in [6, 6.07) is 63.2. The van der Waals surface area contributed by atoms with Crippen molar-refractivity contribution < 1.29 is 4.42 Å². The summed E-state index contributed by atoms with van der Waals surface area (Å²) in [7, 11) is 0. The molecule has 0 aliphatic carbocycles. The van der Waals surface area contributed by atoms with Crippen LogP contribution in [-0.2, 0) is 0 Å². The highest BCUT2D eigenvalue weighted by atomic mass is 32.1. The van der Waals surface area contributed by atoms with Gasteiger partial charge in [-0.05, 0) is 85.4 Å². The number of rotatable bonds is 4. The number of hydrogen-bond donors (Lipinski definition) is 2. The maximum Gasteiger partial charge on any atom is 0.135 e. The van der Waals surface area contributed by atoms with Gasteiger partial charge in [-0.25, -0.2) is 4.99 Å². The van der Waals surface area contributed by atoms with Crippen LogP contribution >= 0.6 is 11.3 Å². The van der Waals surface area contributed by atoms with E-state index in [1.807, 2.05) is 17.4 Å². The summed E-state index contributed by atoms with van der Waals surface area (Å²) < 4.78 is 9.21. The van der Waals surface area contributed by atoms with E-state index in [4.69, 9.17) is 9.41 Å². The van der Waals surface area contributed by atoms with E-state index >= 15 is 0 Å². The van der Waals surface area contributed by atoms with Crippen LogP contribution in [0.3, 0.4) is 0 Å². The molecule has 0 saturated carbocycles. The number of hydrogen-bond acceptors (Lipinski definition) is 5. The van der Waals surface area contributed by atoms with Crippen molar-refractivity contribution in [1.29, 1.82) is 0 Å². The van der Waals surface area contributed by atoms with Gasteiger partial charge in [-0.2, -0.15) is 0 Å². The lowest BCUT2D eigenvalue weighted by molar-refractivity contribution is 0.413. The van der Waals surface area contributed by atoms with Crippen LogP contribution < -0.4 is 10.6 Å². The van der Waals surface area contributed by atoms with Gasteiger partial charge in [0, 0.05) is 42.1 Å². The van der Waals surface area contributed by atoms with Crippen molar-refractivity contribution in [2.24, 2.45) is 4.99 Å². The molecule has 5 heteroatoms. The molecule has 1 aliphatic heterocycles. The lowest BCUT2D eigenvalue weighted by Crippen LogP contribution is -2.45. The summed E-state index contributed by atoms with van der Waals surface area (Å²) in [5, 5.41) is 20.0. The molecule has 0 amide bonds. The van der Waals surface area contributed by atoms with Gasteiger partial charge in [0.15, 0.2) is 0 Å². The number of thiophene rings is 1. The first-order valence-electron chi connectivity index (χ1n) is 19.1. The van der Waals surface area contributed by atoms with Gasteiger partial charge < -0.3 is 9.73 Å². The molecule has 2 atom stereocenters. The Morgan fingerprint density at radius 1 is 0.464 bits per heavy atom. The van der Waals surface area contributed by atoms with E-state index in [9.17, 15) is 0 Å². The fourth-order valence-corrected chi connectivity index (χ4v) is 10.1. The molecule has 12 rings (SSSR count). The van der Waals surface area contributed by atoms with Crippen LogP contribution in [0.5, 0.6) is 0 Å². The Morgan fingerprint density at radius 3 is 2.07 bits per heavy atom. The van der Waals surface area contributed by atoms with Gasteiger partial charge >= 0.3 is 0 Å². The first kappa shape index (κ1) is 31.5. The van der Waals surface area contributed by atoms with Crippen molar-refractivity contribution >= 4 is 91.6 Å². The molecule has 0 fully saturated rings. The highest BCUT2D eigenvalue weighted by Gasteiger charge is 2.29. The largest absolute Gasteiger partial charge is 0.456 e. The average molecular weight is 736 g/mol. The highest BCUT2D eigenvalue weighted by Crippen LogP contribution is 2.42. The van der Waals surface area contributed by atoms with Crippen molar-refractivity contribution in [3.63, 3.8) is 0 Å². The van der Waals surface area contributed by atoms with E-state index in [-0.39, 0.29) is 12.3 Å². The standard InChI is InChI=1S/C51H33N3OS/c1-2-12-31(13-3-1)49-52-50(54-51(53-49)42-29-34-14-5-6-15-35(34)37-17-8-9-18-38(37)42)40-19-10-20-45-47(40)43-28-32(22-25-44(43)55-45)33-23-26-46-41(27-33)39-24-21-30-11-4-7-16-36(30)48(39)56-46/h1-29,50-51,54H,(H,52,53). The van der Waals surface area contributed by atoms with Gasteiger partial charge in [-0.1, -0.05) is 140 Å². The molecule has 2 N–H and O–H groups in total. The molecule has 2 aromatic heterocycles. The van der Waals surface area contributed by atoms with Crippen LogP contribution in [0.4, 0.5) is 0 Å². The second kappa shape index (κ2) is 12.4. The molecule has 11 aromatic rings. The number of amidine groups is 1. The minimum atomic E-state index is -0.349. The third kappa shape index (κ3) is 4.92. The van der Waals surface area contributed by atoms with Crippen LogP contribution in [0.25, 0.3) is 85.6 Å². The predicted octanol–water partition coefficient (Wildman–Crippen LogP) is 13.4. The SMILES string of the molecule is c1ccc(C2=NC(c3cccc4oc5ccc(-c6ccc7sc8c9ccccc9ccc8c7c6)cc5c34)NC(c3cc4ccccc4c4ccccc34)N2)cc1. The molecule has 3 heterocycles. The van der Waals surface area contributed by atoms with E-state index < -0.39 is 0 Å². The van der Waals surface area contributed by atoms with Crippen molar-refractivity contribution in [3.05, 3.63) is 193 Å². The Bertz CT molecular complexity index is 3400. The molecule has 4 nitrogen and oxygen atoms in total. The number of nitrogens with one attached hydrogen (secondary N) is 2. The molecule has 56 heavy (non-hydrogen) atoms. The van der Waals surface area contributed by atoms with Crippen molar-refractivity contribution in [3.8, 4) is 11.1 Å². The van der Waals surface area contributed by atoms with Crippen LogP contribution in [0, 0.1) is 0 Å². The van der Waals surface area contributed by atoms with E-state index in [2.05, 4.69) is 180 Å². The first-order chi connectivity index (χ1) is 27.7. The van der Waals surface area contributed by atoms with Crippen molar-refractivity contribution in [2.75, 3.05) is 0 Å². The normalized spacial score (nSPS) is 16.0. The van der Waals surface area contributed by atoms with Gasteiger partial charge in [0.2, 0.25) is 0 Å². The average Bonchev–Trinajstić information content (AvgIpc) is 3.84. The lowest BCUT2D eigenvalue weighted by Gasteiger charge is -2.33. The summed E-state index contributed by atoms with van der Waals surface area (Å²) in [6.45, 7) is 0. The van der Waals surface area contributed by atoms with Gasteiger partial charge in [-0.15, -0.1) is 11.3 Å². The Balaban J connectivity index is 1.01. The molecule has 1 aliphatic rings. The molecule has 0 bridgehead atoms. The minimum Gasteiger partial charge on any atom is -0.456 e. The topological polar surface area (TPSA) is 49.6 Å². The third-order valence-corrected chi connectivity index (χ3v) is 12.8. The monoisotopic (exact) mass is 735 g/mol. The van der Waals surface area contributed by atoms with E-state index in [1.165, 1.54) is 63.6 Å². The summed E-state index contributed by atoms with van der Waals surface area (Å²) in [6.07, 6.45) is -0.561. The molecule has 264 valence electrons. The van der Waals surface area contributed by atoms with Crippen LogP contribution in [0.15, 0.2) is 185 Å². The second-order valence-corrected chi connectivity index (χ2v) is 15.8. The van der Waals surface area contributed by atoms with Crippen molar-refractivity contribution in [2.45, 2.75) is 12.3 Å². The number of nitrogens with zero attached hydrogens (tertiary/aromatic N) is 1. The second-order valence-electron chi connectivity index (χ2n) is 14.7. The zero-order chi connectivity index (χ0) is 36.7. The third-order valence-electron chi connectivity index (χ3n) is 11.5. The Kier molecular flexibility index (Phi) is 6.97. The van der Waals surface area contributed by atoms with Gasteiger partial charge in [0.25, 0.3) is 0 Å². The maximum atomic E-state index is 6.57. The summed E-state index contributed by atoms with van der Waals surface area (Å²) in [4.78, 5) is 5.39. The van der Waals surface area contributed by atoms with Crippen LogP contribution in [0.2, 0.25) is 0 Å². The summed E-state index contributed by atoms with van der Waals surface area (Å²) in [5.74, 6) is 0.853. The molecular formula is C51H33N3OS. The Morgan fingerprint density at radius 2 is 1.20 bits per heavy atom. The van der Waals surface area contributed by atoms with Gasteiger partial charge in [0.05, 0.1) is 0 Å². The molecule has 9 aromatic carbocycles. The minimum absolute atomic E-state index is 0.213. The Hall–Kier alpha value is -6.79. The van der Waals surface area contributed by atoms with E-state index in [0.29, 0.717) is 0 Å². The lowest BCUT2D eigenvalue weighted by atomic mass is 9.94.